The minimum atomic E-state index is -1.43. The Kier molecular flexibility index (Phi) is 10.1. The predicted molar refractivity (Wildman–Crippen MR) is 207 cm³/mol. The molecule has 0 aromatic rings. The Morgan fingerprint density at radius 2 is 1.62 bits per heavy atom. The SMILES string of the molecule is CC1=C(C)[C@@]2(C(C)C)C(=CC1=O)CC[C@H]1[C@@H]3C[C@H]4O[C@](C)(C5CCCC(C)C5C)O[C@@]4(C(=O)COC(=O)C(C)C(C)(C)C)[C@@]3(C(C)C)C(C)[C@](C)(O)[C@@H]12. The smallest absolute Gasteiger partial charge is 0.309 e. The first-order valence-electron chi connectivity index (χ1n) is 21.1. The maximum absolute atomic E-state index is 15.5. The van der Waals surface area contributed by atoms with Crippen LogP contribution in [-0.2, 0) is 28.6 Å². The van der Waals surface area contributed by atoms with Crippen LogP contribution in [0, 0.1) is 75.4 Å². The predicted octanol–water partition coefficient (Wildman–Crippen LogP) is 9.30. The standard InChI is InChI=1S/C46H72O7/c1-24(2)44-29(8)28(7)36(47)21-32(44)19-20-33-35-22-38-46(37(48)23-51-40(49)30(9)41(11,12)13,45(35,25(3)4)31(10)42(14,50)39(33)44)53-43(15,52-38)34-18-16-17-26(5)27(34)6/h21,24-27,30-31,33-35,38-39,50H,16-20,22-23H2,1-15H3/t26?,27?,30?,31?,33-,34?,35-,38+,39+,42-,43-,44-,45-,46+/m0/s1. The number of ether oxygens (including phenoxy) is 3. The van der Waals surface area contributed by atoms with E-state index in [0.29, 0.717) is 18.3 Å². The average Bonchev–Trinajstić information content (AvgIpc) is 3.53. The van der Waals surface area contributed by atoms with Crippen LogP contribution < -0.4 is 0 Å². The van der Waals surface area contributed by atoms with Crippen LogP contribution in [-0.4, -0.2) is 52.3 Å². The molecule has 0 aromatic heterocycles. The Morgan fingerprint density at radius 1 is 0.981 bits per heavy atom. The molecule has 0 spiro atoms. The Bertz CT molecular complexity index is 1580. The molecule has 1 N–H and O–H groups in total. The van der Waals surface area contributed by atoms with E-state index in [1.807, 2.05) is 47.6 Å². The van der Waals surface area contributed by atoms with Gasteiger partial charge in [-0.15, -0.1) is 0 Å². The van der Waals surface area contributed by atoms with Gasteiger partial charge in [0.05, 0.1) is 17.6 Å². The largest absolute Gasteiger partial charge is 0.457 e. The van der Waals surface area contributed by atoms with E-state index < -0.39 is 45.8 Å². The highest BCUT2D eigenvalue weighted by atomic mass is 16.8. The number of hydrogen-bond acceptors (Lipinski definition) is 7. The summed E-state index contributed by atoms with van der Waals surface area (Å²) < 4.78 is 20.9. The first-order chi connectivity index (χ1) is 24.4. The lowest BCUT2D eigenvalue weighted by Crippen LogP contribution is -2.74. The fourth-order valence-corrected chi connectivity index (χ4v) is 14.2. The second kappa shape index (κ2) is 13.1. The second-order valence-electron chi connectivity index (χ2n) is 20.8. The third kappa shape index (κ3) is 5.30. The first-order valence-corrected chi connectivity index (χ1v) is 21.1. The second-order valence-corrected chi connectivity index (χ2v) is 20.8. The molecule has 1 heterocycles. The topological polar surface area (TPSA) is 99.1 Å². The van der Waals surface area contributed by atoms with Crippen LogP contribution in [0.1, 0.15) is 142 Å². The first kappa shape index (κ1) is 40.8. The van der Waals surface area contributed by atoms with Crippen LogP contribution >= 0.6 is 0 Å². The fourth-order valence-electron chi connectivity index (χ4n) is 14.2. The lowest BCUT2D eigenvalue weighted by molar-refractivity contribution is -0.300. The third-order valence-electron chi connectivity index (χ3n) is 17.4. The molecule has 14 atom stereocenters. The van der Waals surface area contributed by atoms with Gasteiger partial charge in [-0.05, 0) is 112 Å². The van der Waals surface area contributed by atoms with Gasteiger partial charge in [0.2, 0.25) is 5.78 Å². The molecule has 0 amide bonds. The summed E-state index contributed by atoms with van der Waals surface area (Å²) in [5.74, 6) is -1.46. The molecule has 298 valence electrons. The average molecular weight is 737 g/mol. The molecule has 0 radical (unpaired) electrons. The third-order valence-corrected chi connectivity index (χ3v) is 17.4. The van der Waals surface area contributed by atoms with Crippen LogP contribution in [0.5, 0.6) is 0 Å². The van der Waals surface area contributed by atoms with Gasteiger partial charge in [-0.1, -0.05) is 100 Å². The van der Waals surface area contributed by atoms with Gasteiger partial charge < -0.3 is 19.3 Å². The number of Topliss-reactive ketones (excluding diaryl/α,β-unsaturated/α-hetero) is 1. The molecule has 4 saturated carbocycles. The van der Waals surface area contributed by atoms with Crippen molar-refractivity contribution in [2.24, 2.45) is 75.4 Å². The lowest BCUT2D eigenvalue weighted by Gasteiger charge is -2.70. The summed E-state index contributed by atoms with van der Waals surface area (Å²) in [5, 5.41) is 13.5. The van der Waals surface area contributed by atoms with Crippen LogP contribution in [0.25, 0.3) is 0 Å². The number of carbonyl (C=O) groups excluding carboxylic acids is 3. The van der Waals surface area contributed by atoms with Crippen molar-refractivity contribution in [1.29, 1.82) is 0 Å². The van der Waals surface area contributed by atoms with Crippen molar-refractivity contribution < 1.29 is 33.7 Å². The molecule has 0 bridgehead atoms. The van der Waals surface area contributed by atoms with Gasteiger partial charge in [0, 0.05) is 22.7 Å². The molecular formula is C46H72O7. The molecule has 7 heteroatoms. The van der Waals surface area contributed by atoms with Crippen LogP contribution in [0.4, 0.5) is 0 Å². The van der Waals surface area contributed by atoms with Crippen molar-refractivity contribution >= 4 is 17.5 Å². The Hall–Kier alpha value is -1.83. The summed E-state index contributed by atoms with van der Waals surface area (Å²) in [6.45, 7) is 31.3. The molecule has 0 aromatic carbocycles. The Morgan fingerprint density at radius 3 is 2.21 bits per heavy atom. The highest BCUT2D eigenvalue weighted by molar-refractivity contribution is 6.06. The van der Waals surface area contributed by atoms with E-state index in [4.69, 9.17) is 14.2 Å². The maximum atomic E-state index is 15.5. The van der Waals surface area contributed by atoms with E-state index in [9.17, 15) is 14.7 Å². The number of allylic oxidation sites excluding steroid dienone is 4. The number of ketones is 2. The van der Waals surface area contributed by atoms with Crippen molar-refractivity contribution in [2.75, 3.05) is 6.61 Å². The maximum Gasteiger partial charge on any atom is 0.309 e. The number of rotatable bonds is 7. The zero-order valence-corrected chi connectivity index (χ0v) is 35.8. The molecule has 53 heavy (non-hydrogen) atoms. The van der Waals surface area contributed by atoms with Crippen molar-refractivity contribution in [1.82, 2.24) is 0 Å². The molecule has 1 aliphatic heterocycles. The van der Waals surface area contributed by atoms with Crippen LogP contribution in [0.2, 0.25) is 0 Å². The molecule has 5 fully saturated rings. The zero-order valence-electron chi connectivity index (χ0n) is 35.8. The highest BCUT2D eigenvalue weighted by Crippen LogP contribution is 2.78. The number of aliphatic hydroxyl groups is 1. The zero-order chi connectivity index (χ0) is 39.6. The van der Waals surface area contributed by atoms with Gasteiger partial charge in [0.15, 0.2) is 23.8 Å². The monoisotopic (exact) mass is 737 g/mol. The molecule has 6 aliphatic rings. The number of esters is 1. The lowest BCUT2D eigenvalue weighted by atomic mass is 9.35. The quantitative estimate of drug-likeness (QED) is 0.260. The summed E-state index contributed by atoms with van der Waals surface area (Å²) in [7, 11) is 0. The molecular weight excluding hydrogens is 664 g/mol. The number of carbonyl (C=O) groups is 3. The molecule has 5 aliphatic carbocycles. The highest BCUT2D eigenvalue weighted by Gasteiger charge is 2.84. The van der Waals surface area contributed by atoms with E-state index in [1.54, 1.807) is 0 Å². The summed E-state index contributed by atoms with van der Waals surface area (Å²) in [4.78, 5) is 42.4. The fraction of sp³-hybridized carbons (Fsp3) is 0.848. The van der Waals surface area contributed by atoms with Crippen LogP contribution in [0.3, 0.4) is 0 Å². The van der Waals surface area contributed by atoms with Crippen LogP contribution in [0.15, 0.2) is 22.8 Å². The minimum Gasteiger partial charge on any atom is -0.457 e. The summed E-state index contributed by atoms with van der Waals surface area (Å²) in [6.07, 6.45) is 6.77. The molecule has 5 unspecified atom stereocenters. The summed E-state index contributed by atoms with van der Waals surface area (Å²) in [6, 6.07) is 0. The van der Waals surface area contributed by atoms with E-state index in [0.717, 1.165) is 48.8 Å². The molecule has 6 rings (SSSR count). The van der Waals surface area contributed by atoms with Gasteiger partial charge in [0.1, 0.15) is 0 Å². The normalized spacial score (nSPS) is 46.1. The van der Waals surface area contributed by atoms with Crippen molar-refractivity contribution in [3.63, 3.8) is 0 Å². The van der Waals surface area contributed by atoms with Gasteiger partial charge in [-0.25, -0.2) is 0 Å². The van der Waals surface area contributed by atoms with Gasteiger partial charge >= 0.3 is 5.97 Å². The van der Waals surface area contributed by atoms with E-state index in [2.05, 4.69) is 62.3 Å². The van der Waals surface area contributed by atoms with E-state index >= 15 is 4.79 Å². The summed E-state index contributed by atoms with van der Waals surface area (Å²) >= 11 is 0. The van der Waals surface area contributed by atoms with Gasteiger partial charge in [-0.3, -0.25) is 14.4 Å². The summed E-state index contributed by atoms with van der Waals surface area (Å²) in [5.41, 5.74) is -1.28. The molecule has 1 saturated heterocycles. The Labute approximate surface area is 320 Å². The van der Waals surface area contributed by atoms with Crippen molar-refractivity contribution in [3.8, 4) is 0 Å². The molecule has 7 nitrogen and oxygen atoms in total. The van der Waals surface area contributed by atoms with E-state index in [-0.39, 0.29) is 65.1 Å². The van der Waals surface area contributed by atoms with E-state index in [1.165, 1.54) is 0 Å². The van der Waals surface area contributed by atoms with Gasteiger partial charge in [-0.2, -0.15) is 0 Å². The van der Waals surface area contributed by atoms with Crippen molar-refractivity contribution in [3.05, 3.63) is 22.8 Å². The minimum absolute atomic E-state index is 0.00367. The Balaban J connectivity index is 1.54. The van der Waals surface area contributed by atoms with Crippen molar-refractivity contribution in [2.45, 2.75) is 165 Å². The number of fused-ring (bicyclic) bond motifs is 7. The number of hydrogen-bond donors (Lipinski definition) is 1. The van der Waals surface area contributed by atoms with Gasteiger partial charge in [0.25, 0.3) is 0 Å².